The number of benzene rings is 1. The Bertz CT molecular complexity index is 371. The fraction of sp³-hybridized carbons (Fsp3) is 0.647. The lowest BCUT2D eigenvalue weighted by molar-refractivity contribution is 0.281. The summed E-state index contributed by atoms with van der Waals surface area (Å²) in [6.07, 6.45) is 2.09. The minimum absolute atomic E-state index is 0.0947. The maximum Gasteiger partial charge on any atom is 0.0136 e. The van der Waals surface area contributed by atoms with E-state index in [-0.39, 0.29) is 11.0 Å². The second-order valence-corrected chi connectivity index (χ2v) is 7.18. The number of aryl methyl sites for hydroxylation is 1. The summed E-state index contributed by atoms with van der Waals surface area (Å²) in [7, 11) is 0. The molecule has 1 nitrogen and oxygen atoms in total. The third-order valence-corrected chi connectivity index (χ3v) is 3.55. The molecule has 0 saturated heterocycles. The maximum atomic E-state index is 6.47. The number of hydrogen-bond acceptors (Lipinski definition) is 1. The highest BCUT2D eigenvalue weighted by molar-refractivity contribution is 5.28. The molecular formula is C17H29N. The molecule has 0 aliphatic heterocycles. The molecule has 1 aromatic carbocycles. The van der Waals surface area contributed by atoms with Crippen LogP contribution in [0.25, 0.3) is 0 Å². The molecule has 18 heavy (non-hydrogen) atoms. The molecule has 0 aliphatic carbocycles. The molecule has 0 radical (unpaired) electrons. The van der Waals surface area contributed by atoms with E-state index in [2.05, 4.69) is 65.8 Å². The summed E-state index contributed by atoms with van der Waals surface area (Å²) < 4.78 is 0. The molecule has 0 spiro atoms. The van der Waals surface area contributed by atoms with Gasteiger partial charge in [-0.2, -0.15) is 0 Å². The zero-order valence-corrected chi connectivity index (χ0v) is 12.9. The van der Waals surface area contributed by atoms with Gasteiger partial charge in [-0.05, 0) is 43.6 Å². The van der Waals surface area contributed by atoms with E-state index in [0.717, 1.165) is 12.8 Å². The Kier molecular flexibility index (Phi) is 4.61. The van der Waals surface area contributed by atoms with Crippen molar-refractivity contribution in [1.82, 2.24) is 0 Å². The van der Waals surface area contributed by atoms with Gasteiger partial charge in [-0.25, -0.2) is 0 Å². The van der Waals surface area contributed by atoms with Crippen LogP contribution in [-0.4, -0.2) is 5.54 Å². The molecule has 0 unspecified atom stereocenters. The normalized spacial score (nSPS) is 15.8. The molecule has 102 valence electrons. The van der Waals surface area contributed by atoms with E-state index >= 15 is 0 Å². The van der Waals surface area contributed by atoms with Crippen LogP contribution in [0, 0.1) is 12.8 Å². The van der Waals surface area contributed by atoms with E-state index in [1.54, 1.807) is 0 Å². The molecule has 1 rings (SSSR count). The van der Waals surface area contributed by atoms with Crippen molar-refractivity contribution < 1.29 is 0 Å². The zero-order chi connectivity index (χ0) is 14.0. The van der Waals surface area contributed by atoms with Crippen LogP contribution in [0.2, 0.25) is 0 Å². The molecule has 0 bridgehead atoms. The predicted octanol–water partition coefficient (Wildman–Crippen LogP) is 4.43. The smallest absolute Gasteiger partial charge is 0.0136 e. The van der Waals surface area contributed by atoms with Crippen molar-refractivity contribution in [3.05, 3.63) is 35.4 Å². The van der Waals surface area contributed by atoms with Crippen molar-refractivity contribution >= 4 is 0 Å². The largest absolute Gasteiger partial charge is 0.325 e. The average molecular weight is 247 g/mol. The van der Waals surface area contributed by atoms with Gasteiger partial charge in [-0.3, -0.25) is 0 Å². The van der Waals surface area contributed by atoms with Crippen LogP contribution in [0.15, 0.2) is 24.3 Å². The fourth-order valence-electron chi connectivity index (χ4n) is 3.12. The first kappa shape index (κ1) is 15.2. The maximum absolute atomic E-state index is 6.47. The van der Waals surface area contributed by atoms with Gasteiger partial charge in [0.2, 0.25) is 0 Å². The van der Waals surface area contributed by atoms with Gasteiger partial charge < -0.3 is 5.73 Å². The van der Waals surface area contributed by atoms with Crippen molar-refractivity contribution in [3.63, 3.8) is 0 Å². The first-order chi connectivity index (χ1) is 8.12. The molecular weight excluding hydrogens is 218 g/mol. The van der Waals surface area contributed by atoms with Crippen molar-refractivity contribution in [1.29, 1.82) is 0 Å². The van der Waals surface area contributed by atoms with Crippen LogP contribution in [0.1, 0.15) is 58.6 Å². The Morgan fingerprint density at radius 3 is 2.00 bits per heavy atom. The van der Waals surface area contributed by atoms with E-state index in [0.29, 0.717) is 5.92 Å². The highest BCUT2D eigenvalue weighted by Crippen LogP contribution is 2.33. The van der Waals surface area contributed by atoms with Crippen LogP contribution in [0.4, 0.5) is 0 Å². The van der Waals surface area contributed by atoms with Crippen molar-refractivity contribution in [2.24, 2.45) is 11.7 Å². The number of hydrogen-bond donors (Lipinski definition) is 1. The van der Waals surface area contributed by atoms with Gasteiger partial charge >= 0.3 is 0 Å². The van der Waals surface area contributed by atoms with Crippen LogP contribution in [0.3, 0.4) is 0 Å². The van der Waals surface area contributed by atoms with E-state index in [1.807, 2.05) is 0 Å². The third-order valence-electron chi connectivity index (χ3n) is 3.55. The third kappa shape index (κ3) is 4.45. The van der Waals surface area contributed by atoms with Gasteiger partial charge in [-0.15, -0.1) is 0 Å². The Morgan fingerprint density at radius 1 is 1.06 bits per heavy atom. The van der Waals surface area contributed by atoms with Gasteiger partial charge in [0.25, 0.3) is 0 Å². The summed E-state index contributed by atoms with van der Waals surface area (Å²) in [5.74, 6) is 0.647. The topological polar surface area (TPSA) is 26.0 Å². The van der Waals surface area contributed by atoms with E-state index in [4.69, 9.17) is 5.73 Å². The SMILES string of the molecule is Cc1ccc(C(C)(C)C[C@@](C)(N)CC(C)C)cc1. The molecule has 0 heterocycles. The fourth-order valence-corrected chi connectivity index (χ4v) is 3.12. The molecule has 0 fully saturated rings. The van der Waals surface area contributed by atoms with Crippen LogP contribution < -0.4 is 5.73 Å². The molecule has 0 aromatic heterocycles. The Labute approximate surface area is 113 Å². The predicted molar refractivity (Wildman–Crippen MR) is 80.9 cm³/mol. The lowest BCUT2D eigenvalue weighted by Crippen LogP contribution is -2.43. The molecule has 0 amide bonds. The molecule has 0 saturated carbocycles. The second-order valence-electron chi connectivity index (χ2n) is 7.18. The summed E-state index contributed by atoms with van der Waals surface area (Å²) in [5.41, 5.74) is 9.20. The van der Waals surface area contributed by atoms with Gasteiger partial charge in [0.1, 0.15) is 0 Å². The summed E-state index contributed by atoms with van der Waals surface area (Å²) in [6.45, 7) is 13.4. The monoisotopic (exact) mass is 247 g/mol. The number of nitrogens with two attached hydrogens (primary N) is 1. The molecule has 2 N–H and O–H groups in total. The van der Waals surface area contributed by atoms with Crippen molar-refractivity contribution in [2.75, 3.05) is 0 Å². The van der Waals surface area contributed by atoms with E-state index in [9.17, 15) is 0 Å². The van der Waals surface area contributed by atoms with Gasteiger partial charge in [0.15, 0.2) is 0 Å². The highest BCUT2D eigenvalue weighted by Gasteiger charge is 2.30. The van der Waals surface area contributed by atoms with Crippen molar-refractivity contribution in [2.45, 2.75) is 65.3 Å². The molecule has 0 aliphatic rings. The molecule has 1 aromatic rings. The standard InChI is InChI=1S/C17H29N/c1-13(2)11-17(6,18)12-16(4,5)15-9-7-14(3)8-10-15/h7-10,13H,11-12,18H2,1-6H3/t17-/m0/s1. The van der Waals surface area contributed by atoms with Crippen LogP contribution in [0.5, 0.6) is 0 Å². The van der Waals surface area contributed by atoms with E-state index < -0.39 is 0 Å². The Morgan fingerprint density at radius 2 is 1.56 bits per heavy atom. The van der Waals surface area contributed by atoms with Crippen LogP contribution in [-0.2, 0) is 5.41 Å². The molecule has 1 heteroatoms. The first-order valence-corrected chi connectivity index (χ1v) is 6.98. The number of rotatable bonds is 5. The quantitative estimate of drug-likeness (QED) is 0.818. The Balaban J connectivity index is 2.83. The summed E-state index contributed by atoms with van der Waals surface area (Å²) in [6, 6.07) is 8.85. The molecule has 1 atom stereocenters. The summed E-state index contributed by atoms with van der Waals surface area (Å²) in [5, 5.41) is 0. The second kappa shape index (κ2) is 5.44. The average Bonchev–Trinajstić information content (AvgIpc) is 2.13. The van der Waals surface area contributed by atoms with Crippen LogP contribution >= 0.6 is 0 Å². The first-order valence-electron chi connectivity index (χ1n) is 6.98. The minimum Gasteiger partial charge on any atom is -0.325 e. The highest BCUT2D eigenvalue weighted by atomic mass is 14.7. The van der Waals surface area contributed by atoms with E-state index in [1.165, 1.54) is 11.1 Å². The minimum atomic E-state index is -0.0947. The summed E-state index contributed by atoms with van der Waals surface area (Å²) in [4.78, 5) is 0. The zero-order valence-electron chi connectivity index (χ0n) is 12.9. The lowest BCUT2D eigenvalue weighted by atomic mass is 9.72. The van der Waals surface area contributed by atoms with Crippen molar-refractivity contribution in [3.8, 4) is 0 Å². The van der Waals surface area contributed by atoms with Gasteiger partial charge in [0, 0.05) is 5.54 Å². The van der Waals surface area contributed by atoms with Gasteiger partial charge in [-0.1, -0.05) is 57.5 Å². The van der Waals surface area contributed by atoms with Gasteiger partial charge in [0.05, 0.1) is 0 Å². The summed E-state index contributed by atoms with van der Waals surface area (Å²) >= 11 is 0. The Hall–Kier alpha value is -0.820. The lowest BCUT2D eigenvalue weighted by Gasteiger charge is -2.36.